The van der Waals surface area contributed by atoms with Crippen molar-refractivity contribution in [2.24, 2.45) is 5.84 Å². The van der Waals surface area contributed by atoms with Crippen molar-refractivity contribution in [3.63, 3.8) is 0 Å². The van der Waals surface area contributed by atoms with Gasteiger partial charge in [-0.1, -0.05) is 0 Å². The first-order valence-electron chi connectivity index (χ1n) is 5.57. The Balaban J connectivity index is 1.96. The lowest BCUT2D eigenvalue weighted by Gasteiger charge is -2.03. The molecule has 0 aliphatic heterocycles. The van der Waals surface area contributed by atoms with E-state index in [0.29, 0.717) is 11.3 Å². The minimum Gasteiger partial charge on any atom is -0.508 e. The molecule has 0 radical (unpaired) electrons. The van der Waals surface area contributed by atoms with Crippen molar-refractivity contribution in [3.05, 3.63) is 53.9 Å². The third-order valence-corrected chi connectivity index (χ3v) is 3.49. The molecule has 0 unspecified atom stereocenters. The molecule has 1 amide bonds. The maximum Gasteiger partial charge on any atom is 0.266 e. The zero-order valence-corrected chi connectivity index (χ0v) is 10.9. The summed E-state index contributed by atoms with van der Waals surface area (Å²) in [5.41, 5.74) is 3.35. The molecule has 1 aromatic heterocycles. The number of rotatable bonds is 4. The van der Waals surface area contributed by atoms with Gasteiger partial charge < -0.3 is 5.11 Å². The monoisotopic (exact) mass is 275 g/mol. The number of carbonyl (C=O) groups is 1. The number of phenolic OH excluding ortho intramolecular Hbond substituents is 1. The predicted octanol–water partition coefficient (Wildman–Crippen LogP) is 1.68. The van der Waals surface area contributed by atoms with E-state index in [4.69, 9.17) is 5.84 Å². The van der Waals surface area contributed by atoms with Crippen molar-refractivity contribution in [2.45, 2.75) is 10.6 Å². The van der Waals surface area contributed by atoms with Crippen LogP contribution < -0.4 is 11.3 Å². The molecule has 1 heterocycles. The van der Waals surface area contributed by atoms with Crippen LogP contribution in [-0.2, 0) is 5.75 Å². The quantitative estimate of drug-likeness (QED) is 0.342. The van der Waals surface area contributed by atoms with Crippen LogP contribution in [0.2, 0.25) is 0 Å². The number of benzene rings is 1. The summed E-state index contributed by atoms with van der Waals surface area (Å²) < 4.78 is 0. The number of amides is 1. The third kappa shape index (κ3) is 3.70. The molecule has 0 fully saturated rings. The first kappa shape index (κ1) is 13.4. The molecule has 0 saturated heterocycles. The van der Waals surface area contributed by atoms with Crippen molar-refractivity contribution < 1.29 is 9.90 Å². The number of aromatic hydroxyl groups is 1. The number of phenols is 1. The number of aromatic nitrogens is 1. The smallest absolute Gasteiger partial charge is 0.266 e. The molecule has 2 aromatic rings. The van der Waals surface area contributed by atoms with E-state index in [1.165, 1.54) is 6.20 Å². The van der Waals surface area contributed by atoms with Gasteiger partial charge in [0, 0.05) is 16.8 Å². The summed E-state index contributed by atoms with van der Waals surface area (Å²) in [6.45, 7) is 0. The summed E-state index contributed by atoms with van der Waals surface area (Å²) in [5, 5.41) is 9.18. The largest absolute Gasteiger partial charge is 0.508 e. The number of hydrogen-bond acceptors (Lipinski definition) is 5. The van der Waals surface area contributed by atoms with E-state index < -0.39 is 0 Å². The molecule has 5 nitrogen and oxygen atoms in total. The SMILES string of the molecule is NNC(=O)c1ccc(CSc2ccc(O)cc2)nc1. The molecule has 0 atom stereocenters. The molecule has 2 rings (SSSR count). The van der Waals surface area contributed by atoms with Crippen molar-refractivity contribution >= 4 is 17.7 Å². The highest BCUT2D eigenvalue weighted by molar-refractivity contribution is 7.98. The molecular formula is C13H13N3O2S. The minimum atomic E-state index is -0.356. The van der Waals surface area contributed by atoms with Gasteiger partial charge in [-0.3, -0.25) is 15.2 Å². The average Bonchev–Trinajstić information content (AvgIpc) is 2.46. The Hall–Kier alpha value is -2.05. The standard InChI is InChI=1S/C13H13N3O2S/c14-16-13(18)9-1-2-10(15-7-9)8-19-12-5-3-11(17)4-6-12/h1-7,17H,8,14H2,(H,16,18). The molecule has 19 heavy (non-hydrogen) atoms. The number of thioether (sulfide) groups is 1. The zero-order valence-electron chi connectivity index (χ0n) is 10.0. The molecular weight excluding hydrogens is 262 g/mol. The van der Waals surface area contributed by atoms with Crippen LogP contribution in [0.4, 0.5) is 0 Å². The van der Waals surface area contributed by atoms with Gasteiger partial charge in [0.05, 0.1) is 11.3 Å². The topological polar surface area (TPSA) is 88.2 Å². The number of nitrogens with zero attached hydrogens (tertiary/aromatic N) is 1. The van der Waals surface area contributed by atoms with Crippen LogP contribution in [0, 0.1) is 0 Å². The van der Waals surface area contributed by atoms with Gasteiger partial charge in [0.15, 0.2) is 0 Å². The van der Waals surface area contributed by atoms with Gasteiger partial charge in [-0.25, -0.2) is 5.84 Å². The van der Waals surface area contributed by atoms with Crippen molar-refractivity contribution in [3.8, 4) is 5.75 Å². The summed E-state index contributed by atoms with van der Waals surface area (Å²) in [5.74, 6) is 5.62. The van der Waals surface area contributed by atoms with E-state index in [0.717, 1.165) is 10.6 Å². The Morgan fingerprint density at radius 1 is 1.26 bits per heavy atom. The number of hydrazine groups is 1. The second kappa shape index (κ2) is 6.21. The lowest BCUT2D eigenvalue weighted by molar-refractivity contribution is 0.0953. The van der Waals surface area contributed by atoms with E-state index in [1.807, 2.05) is 12.1 Å². The molecule has 4 N–H and O–H groups in total. The van der Waals surface area contributed by atoms with Gasteiger partial charge in [-0.2, -0.15) is 0 Å². The molecule has 0 aliphatic rings. The van der Waals surface area contributed by atoms with E-state index in [9.17, 15) is 9.90 Å². The van der Waals surface area contributed by atoms with Gasteiger partial charge in [0.2, 0.25) is 0 Å². The minimum absolute atomic E-state index is 0.250. The number of hydrogen-bond donors (Lipinski definition) is 3. The molecule has 1 aromatic carbocycles. The Kier molecular flexibility index (Phi) is 4.38. The predicted molar refractivity (Wildman–Crippen MR) is 73.6 cm³/mol. The molecule has 0 spiro atoms. The summed E-state index contributed by atoms with van der Waals surface area (Å²) in [6.07, 6.45) is 1.49. The summed E-state index contributed by atoms with van der Waals surface area (Å²) >= 11 is 1.60. The highest BCUT2D eigenvalue weighted by atomic mass is 32.2. The van der Waals surface area contributed by atoms with Gasteiger partial charge in [-0.05, 0) is 36.4 Å². The Bertz CT molecular complexity index is 555. The maximum atomic E-state index is 11.2. The summed E-state index contributed by atoms with van der Waals surface area (Å²) in [4.78, 5) is 16.5. The van der Waals surface area contributed by atoms with E-state index in [2.05, 4.69) is 10.4 Å². The van der Waals surface area contributed by atoms with Crippen LogP contribution in [0.15, 0.2) is 47.5 Å². The highest BCUT2D eigenvalue weighted by Gasteiger charge is 2.04. The lowest BCUT2D eigenvalue weighted by atomic mass is 10.2. The Labute approximate surface area is 114 Å². The summed E-state index contributed by atoms with van der Waals surface area (Å²) in [6, 6.07) is 10.4. The molecule has 0 saturated carbocycles. The highest BCUT2D eigenvalue weighted by Crippen LogP contribution is 2.23. The van der Waals surface area contributed by atoms with Gasteiger partial charge >= 0.3 is 0 Å². The first-order valence-corrected chi connectivity index (χ1v) is 6.55. The third-order valence-electron chi connectivity index (χ3n) is 2.44. The second-order valence-electron chi connectivity index (χ2n) is 3.79. The van der Waals surface area contributed by atoms with Crippen LogP contribution in [0.3, 0.4) is 0 Å². The Morgan fingerprint density at radius 2 is 2.00 bits per heavy atom. The van der Waals surface area contributed by atoms with Crippen LogP contribution in [0.25, 0.3) is 0 Å². The second-order valence-corrected chi connectivity index (χ2v) is 4.84. The van der Waals surface area contributed by atoms with E-state index in [-0.39, 0.29) is 11.7 Å². The number of nitrogens with one attached hydrogen (secondary N) is 1. The van der Waals surface area contributed by atoms with Crippen LogP contribution in [-0.4, -0.2) is 16.0 Å². The molecule has 0 aliphatic carbocycles. The fourth-order valence-corrected chi connectivity index (χ4v) is 2.24. The van der Waals surface area contributed by atoms with E-state index in [1.54, 1.807) is 36.0 Å². The zero-order chi connectivity index (χ0) is 13.7. The van der Waals surface area contributed by atoms with E-state index >= 15 is 0 Å². The van der Waals surface area contributed by atoms with Gasteiger partial charge in [0.1, 0.15) is 5.75 Å². The Morgan fingerprint density at radius 3 is 2.58 bits per heavy atom. The fraction of sp³-hybridized carbons (Fsp3) is 0.0769. The number of carbonyl (C=O) groups excluding carboxylic acids is 1. The van der Waals surface area contributed by atoms with Crippen molar-refractivity contribution in [2.75, 3.05) is 0 Å². The molecule has 0 bridgehead atoms. The average molecular weight is 275 g/mol. The molecule has 98 valence electrons. The van der Waals surface area contributed by atoms with Crippen LogP contribution in [0.1, 0.15) is 16.1 Å². The first-order chi connectivity index (χ1) is 9.19. The van der Waals surface area contributed by atoms with Crippen molar-refractivity contribution in [1.29, 1.82) is 0 Å². The van der Waals surface area contributed by atoms with Crippen molar-refractivity contribution in [1.82, 2.24) is 10.4 Å². The summed E-state index contributed by atoms with van der Waals surface area (Å²) in [7, 11) is 0. The van der Waals surface area contributed by atoms with Gasteiger partial charge in [0.25, 0.3) is 5.91 Å². The van der Waals surface area contributed by atoms with Crippen LogP contribution >= 0.6 is 11.8 Å². The number of nitrogens with two attached hydrogens (primary N) is 1. The maximum absolute atomic E-state index is 11.2. The number of pyridine rings is 1. The van der Waals surface area contributed by atoms with Crippen LogP contribution in [0.5, 0.6) is 5.75 Å². The fourth-order valence-electron chi connectivity index (χ4n) is 1.43. The number of nitrogen functional groups attached to an aromatic ring is 1. The lowest BCUT2D eigenvalue weighted by Crippen LogP contribution is -2.30. The van der Waals surface area contributed by atoms with Gasteiger partial charge in [-0.15, -0.1) is 11.8 Å². The normalized spacial score (nSPS) is 10.2. The molecule has 6 heteroatoms.